The standard InChI is InChI=1S/C29H42F2N2O/c1-3-5-7-8-10-22-11-13-23(14-12-22)15-16-24-17-18-25(29(31)28(24)30)26-19-20-27(33-32-26)34-21-9-6-4-2/h17-20,22-23H,3-16,21H2,1-2H3. The maximum atomic E-state index is 14.9. The number of aryl methyl sites for hydroxylation is 1. The molecule has 1 saturated carbocycles. The van der Waals surface area contributed by atoms with Crippen LogP contribution < -0.4 is 4.74 Å². The van der Waals surface area contributed by atoms with Gasteiger partial charge in [0.2, 0.25) is 5.88 Å². The van der Waals surface area contributed by atoms with Crippen LogP contribution in [0.25, 0.3) is 11.3 Å². The summed E-state index contributed by atoms with van der Waals surface area (Å²) in [5, 5.41) is 8.07. The topological polar surface area (TPSA) is 35.0 Å². The summed E-state index contributed by atoms with van der Waals surface area (Å²) in [5.41, 5.74) is 0.933. The van der Waals surface area contributed by atoms with Crippen LogP contribution in [0, 0.1) is 23.5 Å². The first-order valence-electron chi connectivity index (χ1n) is 13.6. The smallest absolute Gasteiger partial charge is 0.233 e. The fourth-order valence-corrected chi connectivity index (χ4v) is 5.08. The van der Waals surface area contributed by atoms with E-state index in [9.17, 15) is 8.78 Å². The van der Waals surface area contributed by atoms with Gasteiger partial charge in [0.1, 0.15) is 0 Å². The van der Waals surface area contributed by atoms with Crippen molar-refractivity contribution in [1.82, 2.24) is 10.2 Å². The minimum atomic E-state index is -0.834. The third kappa shape index (κ3) is 8.02. The van der Waals surface area contributed by atoms with Crippen LogP contribution in [0.4, 0.5) is 8.78 Å². The van der Waals surface area contributed by atoms with Gasteiger partial charge in [-0.3, -0.25) is 0 Å². The highest BCUT2D eigenvalue weighted by Gasteiger charge is 2.22. The van der Waals surface area contributed by atoms with E-state index >= 15 is 0 Å². The van der Waals surface area contributed by atoms with Crippen LogP contribution >= 0.6 is 0 Å². The van der Waals surface area contributed by atoms with Crippen molar-refractivity contribution in [2.45, 2.75) is 104 Å². The second-order valence-electron chi connectivity index (χ2n) is 9.99. The number of unbranched alkanes of at least 4 members (excludes halogenated alkanes) is 5. The van der Waals surface area contributed by atoms with Crippen molar-refractivity contribution in [2.75, 3.05) is 6.61 Å². The molecule has 0 saturated heterocycles. The Balaban J connectivity index is 1.48. The highest BCUT2D eigenvalue weighted by atomic mass is 19.2. The van der Waals surface area contributed by atoms with E-state index < -0.39 is 11.6 Å². The maximum Gasteiger partial charge on any atom is 0.233 e. The van der Waals surface area contributed by atoms with Gasteiger partial charge in [-0.15, -0.1) is 10.2 Å². The highest BCUT2D eigenvalue weighted by Crippen LogP contribution is 2.35. The van der Waals surface area contributed by atoms with Crippen molar-refractivity contribution in [1.29, 1.82) is 0 Å². The molecular weight excluding hydrogens is 430 g/mol. The summed E-state index contributed by atoms with van der Waals surface area (Å²) in [6, 6.07) is 6.65. The number of ether oxygens (including phenoxy) is 1. The van der Waals surface area contributed by atoms with E-state index in [0.717, 1.165) is 31.6 Å². The predicted molar refractivity (Wildman–Crippen MR) is 135 cm³/mol. The second kappa shape index (κ2) is 14.4. The van der Waals surface area contributed by atoms with E-state index in [1.807, 2.05) is 0 Å². The molecule has 0 atom stereocenters. The number of nitrogens with zero attached hydrogens (tertiary/aromatic N) is 2. The normalized spacial score (nSPS) is 18.2. The van der Waals surface area contributed by atoms with Crippen LogP contribution in [0.2, 0.25) is 0 Å². The van der Waals surface area contributed by atoms with Gasteiger partial charge < -0.3 is 4.74 Å². The molecule has 188 valence electrons. The Labute approximate surface area is 204 Å². The SMILES string of the molecule is CCCCCCC1CCC(CCc2ccc(-c3ccc(OCCCCC)nn3)c(F)c2F)CC1. The van der Waals surface area contributed by atoms with Gasteiger partial charge in [-0.25, -0.2) is 8.78 Å². The number of hydrogen-bond donors (Lipinski definition) is 0. The van der Waals surface area contributed by atoms with Gasteiger partial charge in [-0.05, 0) is 48.8 Å². The first-order chi connectivity index (χ1) is 16.6. The zero-order chi connectivity index (χ0) is 24.2. The van der Waals surface area contributed by atoms with E-state index in [-0.39, 0.29) is 5.56 Å². The van der Waals surface area contributed by atoms with Gasteiger partial charge in [-0.1, -0.05) is 90.5 Å². The van der Waals surface area contributed by atoms with Gasteiger partial charge in [0.05, 0.1) is 12.3 Å². The molecule has 1 heterocycles. The quantitative estimate of drug-likeness (QED) is 0.258. The molecule has 0 N–H and O–H groups in total. The van der Waals surface area contributed by atoms with Crippen molar-refractivity contribution in [3.8, 4) is 17.1 Å². The van der Waals surface area contributed by atoms with E-state index in [4.69, 9.17) is 4.74 Å². The number of halogens is 2. The van der Waals surface area contributed by atoms with Crippen LogP contribution in [0.15, 0.2) is 24.3 Å². The molecule has 0 radical (unpaired) electrons. The van der Waals surface area contributed by atoms with Crippen LogP contribution in [-0.4, -0.2) is 16.8 Å². The van der Waals surface area contributed by atoms with Gasteiger partial charge in [0.25, 0.3) is 0 Å². The van der Waals surface area contributed by atoms with Gasteiger partial charge >= 0.3 is 0 Å². The lowest BCUT2D eigenvalue weighted by molar-refractivity contribution is 0.248. The Morgan fingerprint density at radius 2 is 1.47 bits per heavy atom. The Morgan fingerprint density at radius 1 is 0.765 bits per heavy atom. The summed E-state index contributed by atoms with van der Waals surface area (Å²) in [6.45, 7) is 4.97. The molecule has 1 aromatic carbocycles. The predicted octanol–water partition coefficient (Wildman–Crippen LogP) is 8.70. The Bertz CT molecular complexity index is 848. The van der Waals surface area contributed by atoms with Crippen molar-refractivity contribution < 1.29 is 13.5 Å². The third-order valence-electron chi connectivity index (χ3n) is 7.33. The van der Waals surface area contributed by atoms with Gasteiger partial charge in [-0.2, -0.15) is 0 Å². The molecule has 3 nitrogen and oxygen atoms in total. The van der Waals surface area contributed by atoms with Crippen molar-refractivity contribution in [3.63, 3.8) is 0 Å². The van der Waals surface area contributed by atoms with E-state index in [1.54, 1.807) is 24.3 Å². The summed E-state index contributed by atoms with van der Waals surface area (Å²) in [7, 11) is 0. The second-order valence-corrected chi connectivity index (χ2v) is 9.99. The molecule has 0 unspecified atom stereocenters. The zero-order valence-electron chi connectivity index (χ0n) is 21.1. The third-order valence-corrected chi connectivity index (χ3v) is 7.33. The molecule has 3 rings (SSSR count). The summed E-state index contributed by atoms with van der Waals surface area (Å²) in [5.74, 6) is 0.330. The minimum absolute atomic E-state index is 0.148. The molecule has 2 aromatic rings. The fourth-order valence-electron chi connectivity index (χ4n) is 5.08. The Morgan fingerprint density at radius 3 is 2.15 bits per heavy atom. The average Bonchev–Trinajstić information content (AvgIpc) is 2.87. The summed E-state index contributed by atoms with van der Waals surface area (Å²) >= 11 is 0. The summed E-state index contributed by atoms with van der Waals surface area (Å²) in [6.07, 6.45) is 16.5. The average molecular weight is 473 g/mol. The lowest BCUT2D eigenvalue weighted by Crippen LogP contribution is -2.15. The van der Waals surface area contributed by atoms with Crippen molar-refractivity contribution in [3.05, 3.63) is 41.5 Å². The molecule has 0 spiro atoms. The molecule has 0 amide bonds. The van der Waals surface area contributed by atoms with Crippen LogP contribution in [0.3, 0.4) is 0 Å². The van der Waals surface area contributed by atoms with Gasteiger partial charge in [0, 0.05) is 11.6 Å². The molecule has 0 bridgehead atoms. The zero-order valence-corrected chi connectivity index (χ0v) is 21.1. The summed E-state index contributed by atoms with van der Waals surface area (Å²) in [4.78, 5) is 0. The lowest BCUT2D eigenvalue weighted by Gasteiger charge is -2.28. The molecule has 1 aliphatic carbocycles. The lowest BCUT2D eigenvalue weighted by atomic mass is 9.77. The van der Waals surface area contributed by atoms with Crippen LogP contribution in [0.5, 0.6) is 5.88 Å². The maximum absolute atomic E-state index is 14.9. The van der Waals surface area contributed by atoms with Crippen molar-refractivity contribution >= 4 is 0 Å². The molecule has 1 fully saturated rings. The number of hydrogen-bond acceptors (Lipinski definition) is 3. The Hall–Kier alpha value is -2.04. The number of benzene rings is 1. The molecule has 1 aliphatic rings. The summed E-state index contributed by atoms with van der Waals surface area (Å²) < 4.78 is 35.2. The first-order valence-corrected chi connectivity index (χ1v) is 13.6. The molecule has 34 heavy (non-hydrogen) atoms. The molecular formula is C29H42F2N2O. The van der Waals surface area contributed by atoms with E-state index in [1.165, 1.54) is 57.8 Å². The monoisotopic (exact) mass is 472 g/mol. The van der Waals surface area contributed by atoms with Crippen LogP contribution in [0.1, 0.15) is 103 Å². The number of aromatic nitrogens is 2. The minimum Gasteiger partial charge on any atom is -0.477 e. The van der Waals surface area contributed by atoms with Crippen LogP contribution in [-0.2, 0) is 6.42 Å². The highest BCUT2D eigenvalue weighted by molar-refractivity contribution is 5.60. The number of rotatable bonds is 14. The molecule has 1 aromatic heterocycles. The molecule has 0 aliphatic heterocycles. The Kier molecular flexibility index (Phi) is 11.2. The van der Waals surface area contributed by atoms with Gasteiger partial charge in [0.15, 0.2) is 11.6 Å². The largest absolute Gasteiger partial charge is 0.477 e. The van der Waals surface area contributed by atoms with Crippen molar-refractivity contribution in [2.24, 2.45) is 11.8 Å². The molecule has 5 heteroatoms. The fraction of sp³-hybridized carbons (Fsp3) is 0.655. The van der Waals surface area contributed by atoms with E-state index in [2.05, 4.69) is 24.0 Å². The van der Waals surface area contributed by atoms with E-state index in [0.29, 0.717) is 36.1 Å². The first kappa shape index (κ1) is 26.6.